The van der Waals surface area contributed by atoms with E-state index in [-0.39, 0.29) is 35.7 Å². The van der Waals surface area contributed by atoms with Crippen LogP contribution in [-0.4, -0.2) is 53.3 Å². The van der Waals surface area contributed by atoms with Gasteiger partial charge in [0.05, 0.1) is 16.8 Å². The molecule has 1 saturated carbocycles. The summed E-state index contributed by atoms with van der Waals surface area (Å²) >= 11 is 0. The van der Waals surface area contributed by atoms with E-state index in [0.29, 0.717) is 19.3 Å². The van der Waals surface area contributed by atoms with E-state index in [9.17, 15) is 44.3 Å². The number of amides is 1. The first kappa shape index (κ1) is 32.6. The van der Waals surface area contributed by atoms with Crippen molar-refractivity contribution in [1.82, 2.24) is 10.3 Å². The number of amidine groups is 1. The highest BCUT2D eigenvalue weighted by molar-refractivity contribution is 6.15. The van der Waals surface area contributed by atoms with E-state index in [2.05, 4.69) is 15.3 Å². The summed E-state index contributed by atoms with van der Waals surface area (Å²) in [6, 6.07) is 1.65. The van der Waals surface area contributed by atoms with Crippen molar-refractivity contribution in [1.29, 1.82) is 0 Å². The van der Waals surface area contributed by atoms with Crippen LogP contribution in [-0.2, 0) is 17.3 Å². The van der Waals surface area contributed by atoms with Gasteiger partial charge in [-0.2, -0.15) is 44.5 Å². The maximum atomic E-state index is 14.4. The minimum absolute atomic E-state index is 0.0197. The Morgan fingerprint density at radius 1 is 1.00 bits per heavy atom. The molecule has 1 aliphatic carbocycles. The number of anilines is 1. The van der Waals surface area contributed by atoms with Crippen LogP contribution in [0.5, 0.6) is 0 Å². The third-order valence-corrected chi connectivity index (χ3v) is 6.70. The van der Waals surface area contributed by atoms with Crippen molar-refractivity contribution in [3.63, 3.8) is 0 Å². The van der Waals surface area contributed by atoms with Crippen molar-refractivity contribution in [2.24, 2.45) is 15.9 Å². The van der Waals surface area contributed by atoms with Gasteiger partial charge in [0.15, 0.2) is 11.9 Å². The van der Waals surface area contributed by atoms with E-state index < -0.39 is 64.9 Å². The highest BCUT2D eigenvalue weighted by atomic mass is 19.4. The Labute approximate surface area is 241 Å². The second-order valence-corrected chi connectivity index (χ2v) is 11.6. The van der Waals surface area contributed by atoms with E-state index in [0.717, 1.165) is 22.2 Å². The molecule has 0 aromatic heterocycles. The Balaban J connectivity index is 2.04. The number of halogens is 9. The third-order valence-electron chi connectivity index (χ3n) is 6.70. The predicted molar refractivity (Wildman–Crippen MR) is 139 cm³/mol. The fraction of sp³-hybridized carbons (Fsp3) is 0.593. The molecule has 16 heteroatoms. The molecule has 43 heavy (non-hydrogen) atoms. The molecule has 0 bridgehead atoms. The Kier molecular flexibility index (Phi) is 8.35. The maximum Gasteiger partial charge on any atom is 0.451 e. The Morgan fingerprint density at radius 3 is 2.12 bits per heavy atom. The van der Waals surface area contributed by atoms with Crippen molar-refractivity contribution in [2.75, 3.05) is 11.6 Å². The predicted octanol–water partition coefficient (Wildman–Crippen LogP) is 7.45. The van der Waals surface area contributed by atoms with Gasteiger partial charge in [-0.3, -0.25) is 10.3 Å². The number of rotatable bonds is 6. The van der Waals surface area contributed by atoms with Gasteiger partial charge in [0.25, 0.3) is 0 Å². The fourth-order valence-electron chi connectivity index (χ4n) is 4.94. The normalized spacial score (nSPS) is 20.2. The molecule has 238 valence electrons. The average Bonchev–Trinajstić information content (AvgIpc) is 3.59. The monoisotopic (exact) mass is 627 g/mol. The van der Waals surface area contributed by atoms with Crippen molar-refractivity contribution < 1.29 is 49.0 Å². The molecule has 2 aliphatic heterocycles. The van der Waals surface area contributed by atoms with Crippen LogP contribution in [0.2, 0.25) is 0 Å². The largest absolute Gasteiger partial charge is 0.451 e. The van der Waals surface area contributed by atoms with E-state index >= 15 is 0 Å². The number of alkyl carbamates (subject to hydrolysis) is 1. The van der Waals surface area contributed by atoms with Crippen molar-refractivity contribution in [3.8, 4) is 0 Å². The number of alkyl halides is 9. The molecule has 1 unspecified atom stereocenters. The number of benzene rings is 1. The standard InChI is InChI=1S/C27H30F9N5O2/c1-6-7-15-11-16(25(28,29)30)10-13(2)18(15)41-21(39-23(42)43-24(3,4)5)17-19(26(31,32)33)37-22(27(34,35)36)38-20(17)40(41)12-14-8-9-14/h10-11,14,20H,6-9,12H2,1-5H3,(H,39,42). The number of carbonyl (C=O) groups is 1. The summed E-state index contributed by atoms with van der Waals surface area (Å²) in [6.45, 7) is 7.35. The van der Waals surface area contributed by atoms with Crippen molar-refractivity contribution >= 4 is 23.3 Å². The van der Waals surface area contributed by atoms with Crippen LogP contribution in [0.3, 0.4) is 0 Å². The summed E-state index contributed by atoms with van der Waals surface area (Å²) < 4.78 is 131. The van der Waals surface area contributed by atoms with Gasteiger partial charge < -0.3 is 4.74 Å². The average molecular weight is 628 g/mol. The molecule has 1 N–H and O–H groups in total. The number of aryl methyl sites for hydroxylation is 2. The lowest BCUT2D eigenvalue weighted by Gasteiger charge is -2.37. The van der Waals surface area contributed by atoms with Gasteiger partial charge >= 0.3 is 24.6 Å². The molecule has 7 nitrogen and oxygen atoms in total. The van der Waals surface area contributed by atoms with E-state index in [1.807, 2.05) is 0 Å². The van der Waals surface area contributed by atoms with Crippen molar-refractivity contribution in [3.05, 3.63) is 40.2 Å². The summed E-state index contributed by atoms with van der Waals surface area (Å²) in [5.41, 5.74) is -4.94. The zero-order valence-corrected chi connectivity index (χ0v) is 23.9. The van der Waals surface area contributed by atoms with Gasteiger partial charge in [-0.1, -0.05) is 13.3 Å². The molecule has 1 aromatic carbocycles. The number of hydrazine groups is 1. The van der Waals surface area contributed by atoms with Gasteiger partial charge in [-0.15, -0.1) is 0 Å². The van der Waals surface area contributed by atoms with Gasteiger partial charge in [-0.05, 0) is 76.1 Å². The van der Waals surface area contributed by atoms with E-state index in [1.54, 1.807) is 6.92 Å². The number of fused-ring (bicyclic) bond motifs is 1. The number of aliphatic imine (C=N–C) groups is 2. The second-order valence-electron chi connectivity index (χ2n) is 11.6. The molecule has 1 aromatic rings. The molecular formula is C27H30F9N5O2. The van der Waals surface area contributed by atoms with Crippen LogP contribution in [0, 0.1) is 12.8 Å². The molecule has 0 radical (unpaired) electrons. The molecular weight excluding hydrogens is 597 g/mol. The summed E-state index contributed by atoms with van der Waals surface area (Å²) in [5.74, 6) is -2.82. The van der Waals surface area contributed by atoms with Gasteiger partial charge in [0.1, 0.15) is 11.4 Å². The zero-order chi connectivity index (χ0) is 32.3. The number of nitrogens with zero attached hydrogens (tertiary/aromatic N) is 4. The lowest BCUT2D eigenvalue weighted by molar-refractivity contribution is -0.137. The van der Waals surface area contributed by atoms with E-state index in [4.69, 9.17) is 4.74 Å². The topological polar surface area (TPSA) is 69.5 Å². The highest BCUT2D eigenvalue weighted by Crippen LogP contribution is 2.46. The number of nitrogens with one attached hydrogen (secondary N) is 1. The quantitative estimate of drug-likeness (QED) is 0.333. The Morgan fingerprint density at radius 2 is 1.63 bits per heavy atom. The summed E-state index contributed by atoms with van der Waals surface area (Å²) in [7, 11) is 0. The zero-order valence-electron chi connectivity index (χ0n) is 23.9. The minimum atomic E-state index is -5.43. The van der Waals surface area contributed by atoms with Gasteiger partial charge in [0, 0.05) is 6.54 Å². The lowest BCUT2D eigenvalue weighted by Crippen LogP contribution is -2.48. The molecule has 1 amide bonds. The van der Waals surface area contributed by atoms with Gasteiger partial charge in [-0.25, -0.2) is 14.8 Å². The van der Waals surface area contributed by atoms with Gasteiger partial charge in [0.2, 0.25) is 5.84 Å². The summed E-state index contributed by atoms with van der Waals surface area (Å²) in [4.78, 5) is 19.4. The van der Waals surface area contributed by atoms with Crippen LogP contribution in [0.25, 0.3) is 0 Å². The highest BCUT2D eigenvalue weighted by Gasteiger charge is 2.55. The molecule has 2 heterocycles. The Bertz CT molecular complexity index is 1370. The summed E-state index contributed by atoms with van der Waals surface area (Å²) in [5, 5.41) is 4.43. The summed E-state index contributed by atoms with van der Waals surface area (Å²) in [6.07, 6.45) is -17.1. The number of carbonyl (C=O) groups excluding carboxylic acids is 1. The van der Waals surface area contributed by atoms with Crippen LogP contribution < -0.4 is 10.3 Å². The SMILES string of the molecule is CCCc1cc(C(F)(F)F)cc(C)c1N1C(NC(=O)OC(C)(C)C)=C2C(C(F)(F)F)=NC(C(F)(F)F)=NC2N1CC1CC1. The first-order valence-corrected chi connectivity index (χ1v) is 13.4. The smallest absolute Gasteiger partial charge is 0.444 e. The minimum Gasteiger partial charge on any atom is -0.444 e. The van der Waals surface area contributed by atoms with Crippen LogP contribution in [0.15, 0.2) is 33.5 Å². The maximum absolute atomic E-state index is 14.4. The Hall–Kier alpha value is -3.30. The third kappa shape index (κ3) is 7.10. The number of ether oxygens (including phenoxy) is 1. The molecule has 4 rings (SSSR count). The molecule has 0 saturated heterocycles. The molecule has 1 atom stereocenters. The van der Waals surface area contributed by atoms with E-state index in [1.165, 1.54) is 27.7 Å². The molecule has 0 spiro atoms. The van der Waals surface area contributed by atoms with Crippen molar-refractivity contribution in [2.45, 2.75) is 90.6 Å². The number of hydrogen-bond donors (Lipinski definition) is 1. The first-order chi connectivity index (χ1) is 19.6. The molecule has 1 fully saturated rings. The number of hydrogen-bond acceptors (Lipinski definition) is 6. The molecule has 3 aliphatic rings. The van der Waals surface area contributed by atoms with Crippen LogP contribution in [0.4, 0.5) is 50.0 Å². The second kappa shape index (κ2) is 11.0. The van der Waals surface area contributed by atoms with Crippen LogP contribution >= 0.6 is 0 Å². The first-order valence-electron chi connectivity index (χ1n) is 13.4. The lowest BCUT2D eigenvalue weighted by atomic mass is 9.99. The van der Waals surface area contributed by atoms with Crippen LogP contribution in [0.1, 0.15) is 63.6 Å². The fourth-order valence-corrected chi connectivity index (χ4v) is 4.94.